The van der Waals surface area contributed by atoms with Crippen LogP contribution < -0.4 is 10.1 Å². The second-order valence-corrected chi connectivity index (χ2v) is 6.29. The third-order valence-corrected chi connectivity index (χ3v) is 4.55. The fourth-order valence-corrected chi connectivity index (χ4v) is 3.22. The van der Waals surface area contributed by atoms with Crippen molar-refractivity contribution in [1.29, 1.82) is 0 Å². The number of benzene rings is 1. The SMILES string of the molecule is O=C(O)C1CNC(c2ccc(OC3CCCOC3)c(Cl)c2)C1. The zero-order chi connectivity index (χ0) is 15.5. The van der Waals surface area contributed by atoms with Crippen molar-refractivity contribution >= 4 is 17.6 Å². The molecule has 2 saturated heterocycles. The lowest BCUT2D eigenvalue weighted by molar-refractivity contribution is -0.141. The monoisotopic (exact) mass is 325 g/mol. The first-order valence-electron chi connectivity index (χ1n) is 7.63. The van der Waals surface area contributed by atoms with E-state index in [0.29, 0.717) is 30.3 Å². The summed E-state index contributed by atoms with van der Waals surface area (Å²) < 4.78 is 11.3. The van der Waals surface area contributed by atoms with Gasteiger partial charge in [-0.15, -0.1) is 0 Å². The summed E-state index contributed by atoms with van der Waals surface area (Å²) in [7, 11) is 0. The third-order valence-electron chi connectivity index (χ3n) is 4.25. The summed E-state index contributed by atoms with van der Waals surface area (Å²) in [5.74, 6) is -0.425. The van der Waals surface area contributed by atoms with Crippen molar-refractivity contribution in [3.05, 3.63) is 28.8 Å². The lowest BCUT2D eigenvalue weighted by Gasteiger charge is -2.24. The highest BCUT2D eigenvalue weighted by Gasteiger charge is 2.30. The molecule has 120 valence electrons. The first-order valence-corrected chi connectivity index (χ1v) is 8.01. The van der Waals surface area contributed by atoms with Gasteiger partial charge in [0.2, 0.25) is 0 Å². The summed E-state index contributed by atoms with van der Waals surface area (Å²) in [6, 6.07) is 5.71. The number of ether oxygens (including phenoxy) is 2. The quantitative estimate of drug-likeness (QED) is 0.890. The van der Waals surface area contributed by atoms with Gasteiger partial charge in [-0.25, -0.2) is 0 Å². The number of carboxylic acid groups (broad SMARTS) is 1. The Kier molecular flexibility index (Phi) is 4.86. The molecule has 2 heterocycles. The van der Waals surface area contributed by atoms with Crippen LogP contribution in [0.1, 0.15) is 30.9 Å². The Labute approximate surface area is 134 Å². The Bertz CT molecular complexity index is 545. The van der Waals surface area contributed by atoms with E-state index in [1.165, 1.54) is 0 Å². The van der Waals surface area contributed by atoms with Crippen LogP contribution in [-0.4, -0.2) is 36.9 Å². The van der Waals surface area contributed by atoms with Gasteiger partial charge in [-0.2, -0.15) is 0 Å². The van der Waals surface area contributed by atoms with Crippen LogP contribution in [0.4, 0.5) is 0 Å². The van der Waals surface area contributed by atoms with Gasteiger partial charge in [0.1, 0.15) is 11.9 Å². The Balaban J connectivity index is 1.65. The average Bonchev–Trinajstić information content (AvgIpc) is 3.00. The molecule has 0 spiro atoms. The van der Waals surface area contributed by atoms with Crippen molar-refractivity contribution in [2.24, 2.45) is 5.92 Å². The van der Waals surface area contributed by atoms with E-state index in [0.717, 1.165) is 25.0 Å². The van der Waals surface area contributed by atoms with Gasteiger partial charge in [-0.05, 0) is 37.0 Å². The van der Waals surface area contributed by atoms with Crippen LogP contribution in [0, 0.1) is 5.92 Å². The molecule has 1 aromatic rings. The zero-order valence-electron chi connectivity index (χ0n) is 12.3. The van der Waals surface area contributed by atoms with Crippen LogP contribution in [0.2, 0.25) is 5.02 Å². The van der Waals surface area contributed by atoms with E-state index in [1.54, 1.807) is 0 Å². The van der Waals surface area contributed by atoms with Crippen molar-refractivity contribution in [2.75, 3.05) is 19.8 Å². The molecule has 3 unspecified atom stereocenters. The minimum absolute atomic E-state index is 0.0330. The molecule has 0 radical (unpaired) electrons. The van der Waals surface area contributed by atoms with E-state index in [4.69, 9.17) is 26.2 Å². The van der Waals surface area contributed by atoms with Crippen molar-refractivity contribution in [1.82, 2.24) is 5.32 Å². The summed E-state index contributed by atoms with van der Waals surface area (Å²) in [5, 5.41) is 12.9. The molecule has 0 aliphatic carbocycles. The van der Waals surface area contributed by atoms with Gasteiger partial charge in [-0.1, -0.05) is 17.7 Å². The topological polar surface area (TPSA) is 67.8 Å². The van der Waals surface area contributed by atoms with Crippen molar-refractivity contribution < 1.29 is 19.4 Å². The number of hydrogen-bond donors (Lipinski definition) is 2. The fourth-order valence-electron chi connectivity index (χ4n) is 2.99. The van der Waals surface area contributed by atoms with Crippen LogP contribution in [0.5, 0.6) is 5.75 Å². The number of aliphatic carboxylic acids is 1. The van der Waals surface area contributed by atoms with E-state index in [1.807, 2.05) is 18.2 Å². The Morgan fingerprint density at radius 2 is 2.32 bits per heavy atom. The summed E-state index contributed by atoms with van der Waals surface area (Å²) >= 11 is 6.32. The lowest BCUT2D eigenvalue weighted by Crippen LogP contribution is -2.28. The molecule has 3 rings (SSSR count). The molecule has 0 saturated carbocycles. The van der Waals surface area contributed by atoms with E-state index in [-0.39, 0.29) is 18.1 Å². The largest absolute Gasteiger partial charge is 0.486 e. The smallest absolute Gasteiger partial charge is 0.307 e. The van der Waals surface area contributed by atoms with Gasteiger partial charge in [0, 0.05) is 19.2 Å². The van der Waals surface area contributed by atoms with E-state index >= 15 is 0 Å². The number of carboxylic acids is 1. The second-order valence-electron chi connectivity index (χ2n) is 5.88. The van der Waals surface area contributed by atoms with Gasteiger partial charge in [-0.3, -0.25) is 4.79 Å². The number of carbonyl (C=O) groups is 1. The fraction of sp³-hybridized carbons (Fsp3) is 0.562. The maximum Gasteiger partial charge on any atom is 0.307 e. The molecule has 3 atom stereocenters. The summed E-state index contributed by atoms with van der Waals surface area (Å²) in [5.41, 5.74) is 1.00. The summed E-state index contributed by atoms with van der Waals surface area (Å²) in [4.78, 5) is 11.0. The highest BCUT2D eigenvalue weighted by molar-refractivity contribution is 6.32. The minimum Gasteiger partial charge on any atom is -0.486 e. The maximum atomic E-state index is 11.0. The molecule has 2 N–H and O–H groups in total. The highest BCUT2D eigenvalue weighted by atomic mass is 35.5. The number of rotatable bonds is 4. The first-order chi connectivity index (χ1) is 10.6. The zero-order valence-corrected chi connectivity index (χ0v) is 13.0. The Hall–Kier alpha value is -1.30. The highest BCUT2D eigenvalue weighted by Crippen LogP contribution is 2.33. The molecule has 2 fully saturated rings. The number of hydrogen-bond acceptors (Lipinski definition) is 4. The van der Waals surface area contributed by atoms with E-state index < -0.39 is 5.97 Å². The molecule has 0 amide bonds. The molecule has 22 heavy (non-hydrogen) atoms. The van der Waals surface area contributed by atoms with Crippen LogP contribution in [0.3, 0.4) is 0 Å². The number of halogens is 1. The van der Waals surface area contributed by atoms with Gasteiger partial charge >= 0.3 is 5.97 Å². The van der Waals surface area contributed by atoms with Gasteiger partial charge < -0.3 is 19.9 Å². The van der Waals surface area contributed by atoms with Crippen molar-refractivity contribution in [3.63, 3.8) is 0 Å². The Morgan fingerprint density at radius 3 is 2.95 bits per heavy atom. The molecular weight excluding hydrogens is 306 g/mol. The summed E-state index contributed by atoms with van der Waals surface area (Å²) in [6.07, 6.45) is 2.62. The molecule has 2 aliphatic heterocycles. The lowest BCUT2D eigenvalue weighted by atomic mass is 10.00. The predicted octanol–water partition coefficient (Wildman–Crippen LogP) is 2.63. The molecule has 0 bridgehead atoms. The maximum absolute atomic E-state index is 11.0. The molecule has 1 aromatic carbocycles. The van der Waals surface area contributed by atoms with E-state index in [2.05, 4.69) is 5.32 Å². The predicted molar refractivity (Wildman–Crippen MR) is 82.4 cm³/mol. The molecule has 5 nitrogen and oxygen atoms in total. The number of nitrogens with one attached hydrogen (secondary N) is 1. The third kappa shape index (κ3) is 3.54. The van der Waals surface area contributed by atoms with Gasteiger partial charge in [0.05, 0.1) is 17.5 Å². The normalized spacial score (nSPS) is 28.5. The average molecular weight is 326 g/mol. The molecule has 2 aliphatic rings. The van der Waals surface area contributed by atoms with Gasteiger partial charge in [0.15, 0.2) is 0 Å². The van der Waals surface area contributed by atoms with E-state index in [9.17, 15) is 4.79 Å². The summed E-state index contributed by atoms with van der Waals surface area (Å²) in [6.45, 7) is 1.89. The van der Waals surface area contributed by atoms with Gasteiger partial charge in [0.25, 0.3) is 0 Å². The Morgan fingerprint density at radius 1 is 1.45 bits per heavy atom. The van der Waals surface area contributed by atoms with Crippen molar-refractivity contribution in [2.45, 2.75) is 31.4 Å². The first kappa shape index (κ1) is 15.6. The van der Waals surface area contributed by atoms with Crippen LogP contribution in [-0.2, 0) is 9.53 Å². The van der Waals surface area contributed by atoms with Crippen LogP contribution >= 0.6 is 11.6 Å². The minimum atomic E-state index is -0.752. The van der Waals surface area contributed by atoms with Crippen molar-refractivity contribution in [3.8, 4) is 5.75 Å². The van der Waals surface area contributed by atoms with Crippen LogP contribution in [0.15, 0.2) is 18.2 Å². The molecule has 6 heteroatoms. The standard InChI is InChI=1S/C16H20ClNO4/c17-13-6-10(14-7-11(8-18-14)16(19)20)3-4-15(13)22-12-2-1-5-21-9-12/h3-4,6,11-12,14,18H,1-2,5,7-9H2,(H,19,20). The van der Waals surface area contributed by atoms with Crippen LogP contribution in [0.25, 0.3) is 0 Å². The molecule has 0 aromatic heterocycles. The molecular formula is C16H20ClNO4. The second kappa shape index (κ2) is 6.86.